The van der Waals surface area contributed by atoms with Gasteiger partial charge in [0.1, 0.15) is 11.5 Å². The molecule has 0 aromatic heterocycles. The van der Waals surface area contributed by atoms with Crippen LogP contribution in [0.4, 0.5) is 17.1 Å². The Hall–Kier alpha value is -6.58. The minimum absolute atomic E-state index is 0.671. The van der Waals surface area contributed by atoms with Crippen molar-refractivity contribution in [3.05, 3.63) is 176 Å². The van der Waals surface area contributed by atoms with Crippen molar-refractivity contribution >= 4 is 60.2 Å². The Morgan fingerprint density at radius 3 is 1.49 bits per heavy atom. The molecule has 0 amide bonds. The Bertz CT molecular complexity index is 2680. The van der Waals surface area contributed by atoms with Crippen LogP contribution in [0, 0.1) is 0 Å². The van der Waals surface area contributed by atoms with E-state index >= 15 is 0 Å². The Balaban J connectivity index is 1.17. The van der Waals surface area contributed by atoms with Crippen molar-refractivity contribution in [1.82, 2.24) is 0 Å². The second-order valence-corrected chi connectivity index (χ2v) is 12.5. The van der Waals surface area contributed by atoms with Gasteiger partial charge < -0.3 is 14.4 Å². The topological polar surface area (TPSA) is 21.7 Å². The molecule has 0 unspecified atom stereocenters. The number of nitrogens with zero attached hydrogens (tertiary/aromatic N) is 1. The van der Waals surface area contributed by atoms with Gasteiger partial charge in [-0.25, -0.2) is 0 Å². The number of hydrogen-bond acceptors (Lipinski definition) is 3. The normalized spacial score (nSPS) is 12.0. The standard InChI is InChI=1S/C46H29NO2/c1-2-10-30(11-3-1)31-20-22-33(23-21-31)47(34-24-26-40-38-16-5-4-14-36(38)37-15-6-7-17-39(37)41(40)28-34)35-25-27-42-45(29-35)49-44-19-9-13-32-12-8-18-43(48-42)46(32)44/h1-29H. The molecule has 3 heteroatoms. The van der Waals surface area contributed by atoms with Gasteiger partial charge in [-0.15, -0.1) is 0 Å². The van der Waals surface area contributed by atoms with Crippen LogP contribution in [0.5, 0.6) is 23.0 Å². The van der Waals surface area contributed by atoms with Crippen molar-refractivity contribution in [2.24, 2.45) is 0 Å². The van der Waals surface area contributed by atoms with Crippen LogP contribution in [-0.4, -0.2) is 0 Å². The minimum atomic E-state index is 0.671. The minimum Gasteiger partial charge on any atom is -0.453 e. The summed E-state index contributed by atoms with van der Waals surface area (Å²) in [5.41, 5.74) is 5.43. The second kappa shape index (κ2) is 11.0. The van der Waals surface area contributed by atoms with Crippen LogP contribution in [0.2, 0.25) is 0 Å². The zero-order valence-electron chi connectivity index (χ0n) is 26.5. The summed E-state index contributed by atoms with van der Waals surface area (Å²) < 4.78 is 13.1. The summed E-state index contributed by atoms with van der Waals surface area (Å²) in [7, 11) is 0. The Labute approximate surface area is 283 Å². The number of benzene rings is 9. The number of anilines is 3. The lowest BCUT2D eigenvalue weighted by Gasteiger charge is -2.27. The molecule has 0 radical (unpaired) electrons. The van der Waals surface area contributed by atoms with Crippen molar-refractivity contribution in [2.75, 3.05) is 4.90 Å². The molecule has 49 heavy (non-hydrogen) atoms. The fraction of sp³-hybridized carbons (Fsp3) is 0. The van der Waals surface area contributed by atoms with Gasteiger partial charge in [-0.2, -0.15) is 0 Å². The Morgan fingerprint density at radius 1 is 0.306 bits per heavy atom. The van der Waals surface area contributed by atoms with E-state index in [0.29, 0.717) is 11.5 Å². The molecular weight excluding hydrogens is 599 g/mol. The van der Waals surface area contributed by atoms with E-state index in [1.54, 1.807) is 0 Å². The van der Waals surface area contributed by atoms with Gasteiger partial charge in [0.05, 0.1) is 11.1 Å². The third-order valence-corrected chi connectivity index (χ3v) is 9.67. The first kappa shape index (κ1) is 27.5. The third-order valence-electron chi connectivity index (χ3n) is 9.67. The molecule has 230 valence electrons. The first-order chi connectivity index (χ1) is 24.3. The zero-order valence-corrected chi connectivity index (χ0v) is 26.5. The molecule has 0 spiro atoms. The second-order valence-electron chi connectivity index (χ2n) is 12.5. The third kappa shape index (κ3) is 4.51. The SMILES string of the molecule is c1ccc(-c2ccc(N(c3ccc4c(c3)Oc3cccc5cccc(c35)O4)c3ccc4c5ccccc5c5ccccc5c4c3)cc2)cc1. The summed E-state index contributed by atoms with van der Waals surface area (Å²) in [5.74, 6) is 2.93. The summed E-state index contributed by atoms with van der Waals surface area (Å²) in [6.07, 6.45) is 0. The van der Waals surface area contributed by atoms with Crippen molar-refractivity contribution in [2.45, 2.75) is 0 Å². The number of ether oxygens (including phenoxy) is 2. The largest absolute Gasteiger partial charge is 0.453 e. The fourth-order valence-corrected chi connectivity index (χ4v) is 7.40. The lowest BCUT2D eigenvalue weighted by molar-refractivity contribution is 0.439. The van der Waals surface area contributed by atoms with Crippen LogP contribution in [-0.2, 0) is 0 Å². The molecule has 1 aliphatic rings. The fourth-order valence-electron chi connectivity index (χ4n) is 7.40. The molecule has 10 rings (SSSR count). The van der Waals surface area contributed by atoms with E-state index in [1.165, 1.54) is 43.4 Å². The summed E-state index contributed by atoms with van der Waals surface area (Å²) in [6, 6.07) is 62.0. The molecule has 1 heterocycles. The van der Waals surface area contributed by atoms with Crippen LogP contribution in [0.15, 0.2) is 176 Å². The molecule has 9 aromatic carbocycles. The first-order valence-electron chi connectivity index (χ1n) is 16.6. The molecule has 0 saturated heterocycles. The maximum Gasteiger partial charge on any atom is 0.172 e. The van der Waals surface area contributed by atoms with Gasteiger partial charge in [-0.1, -0.05) is 121 Å². The van der Waals surface area contributed by atoms with Crippen molar-refractivity contribution in [3.8, 4) is 34.1 Å². The van der Waals surface area contributed by atoms with Gasteiger partial charge in [0.25, 0.3) is 0 Å². The van der Waals surface area contributed by atoms with Crippen LogP contribution >= 0.6 is 0 Å². The predicted octanol–water partition coefficient (Wildman–Crippen LogP) is 13.3. The van der Waals surface area contributed by atoms with E-state index in [4.69, 9.17) is 9.47 Å². The Morgan fingerprint density at radius 2 is 0.816 bits per heavy atom. The van der Waals surface area contributed by atoms with Gasteiger partial charge in [0.2, 0.25) is 0 Å². The maximum absolute atomic E-state index is 6.64. The predicted molar refractivity (Wildman–Crippen MR) is 203 cm³/mol. The lowest BCUT2D eigenvalue weighted by atomic mass is 9.94. The monoisotopic (exact) mass is 627 g/mol. The average Bonchev–Trinajstić information content (AvgIpc) is 3.33. The van der Waals surface area contributed by atoms with Crippen LogP contribution in [0.3, 0.4) is 0 Å². The highest BCUT2D eigenvalue weighted by Gasteiger charge is 2.22. The molecule has 3 nitrogen and oxygen atoms in total. The molecular formula is C46H29NO2. The maximum atomic E-state index is 6.64. The highest BCUT2D eigenvalue weighted by atomic mass is 16.5. The molecule has 0 aliphatic carbocycles. The van der Waals surface area contributed by atoms with Gasteiger partial charge in [-0.3, -0.25) is 0 Å². The highest BCUT2D eigenvalue weighted by Crippen LogP contribution is 2.49. The van der Waals surface area contributed by atoms with E-state index in [2.05, 4.69) is 150 Å². The van der Waals surface area contributed by atoms with Crippen LogP contribution in [0.25, 0.3) is 54.2 Å². The zero-order chi connectivity index (χ0) is 32.3. The molecule has 0 N–H and O–H groups in total. The van der Waals surface area contributed by atoms with Gasteiger partial charge in [0.15, 0.2) is 11.5 Å². The smallest absolute Gasteiger partial charge is 0.172 e. The number of rotatable bonds is 4. The molecule has 1 aliphatic heterocycles. The van der Waals surface area contributed by atoms with Crippen LogP contribution in [0.1, 0.15) is 0 Å². The van der Waals surface area contributed by atoms with Crippen molar-refractivity contribution in [3.63, 3.8) is 0 Å². The number of fused-ring (bicyclic) bond motifs is 7. The summed E-state index contributed by atoms with van der Waals surface area (Å²) >= 11 is 0. The molecule has 0 fully saturated rings. The van der Waals surface area contributed by atoms with Crippen molar-refractivity contribution in [1.29, 1.82) is 0 Å². The van der Waals surface area contributed by atoms with Gasteiger partial charge in [0, 0.05) is 17.4 Å². The highest BCUT2D eigenvalue weighted by molar-refractivity contribution is 6.25. The first-order valence-corrected chi connectivity index (χ1v) is 16.6. The van der Waals surface area contributed by atoms with E-state index < -0.39 is 0 Å². The van der Waals surface area contributed by atoms with E-state index in [9.17, 15) is 0 Å². The summed E-state index contributed by atoms with van der Waals surface area (Å²) in [5, 5.41) is 9.53. The van der Waals surface area contributed by atoms with E-state index in [-0.39, 0.29) is 0 Å². The number of hydrogen-bond donors (Lipinski definition) is 0. The molecule has 0 saturated carbocycles. The van der Waals surface area contributed by atoms with Gasteiger partial charge >= 0.3 is 0 Å². The Kier molecular flexibility index (Phi) is 6.18. The van der Waals surface area contributed by atoms with E-state index in [0.717, 1.165) is 39.3 Å². The van der Waals surface area contributed by atoms with E-state index in [1.807, 2.05) is 30.3 Å². The molecule has 0 atom stereocenters. The van der Waals surface area contributed by atoms with Crippen molar-refractivity contribution < 1.29 is 9.47 Å². The van der Waals surface area contributed by atoms with Crippen LogP contribution < -0.4 is 14.4 Å². The van der Waals surface area contributed by atoms with Gasteiger partial charge in [-0.05, 0) is 97.4 Å². The molecule has 0 bridgehead atoms. The quantitative estimate of drug-likeness (QED) is 0.181. The molecule has 9 aromatic rings. The summed E-state index contributed by atoms with van der Waals surface area (Å²) in [4.78, 5) is 2.31. The average molecular weight is 628 g/mol. The summed E-state index contributed by atoms with van der Waals surface area (Å²) in [6.45, 7) is 0. The lowest BCUT2D eigenvalue weighted by Crippen LogP contribution is -2.10.